The molecule has 0 saturated carbocycles. The quantitative estimate of drug-likeness (QED) is 0.875. The van der Waals surface area contributed by atoms with Crippen LogP contribution in [-0.4, -0.2) is 29.6 Å². The van der Waals surface area contributed by atoms with Crippen LogP contribution in [-0.2, 0) is 20.7 Å². The van der Waals surface area contributed by atoms with E-state index in [1.165, 1.54) is 0 Å². The molecule has 2 rings (SSSR count). The van der Waals surface area contributed by atoms with Crippen molar-refractivity contribution >= 4 is 11.9 Å². The van der Waals surface area contributed by atoms with Crippen LogP contribution < -0.4 is 5.32 Å². The second kappa shape index (κ2) is 7.13. The third-order valence-electron chi connectivity index (χ3n) is 4.03. The molecule has 23 heavy (non-hydrogen) atoms. The summed E-state index contributed by atoms with van der Waals surface area (Å²) in [6, 6.07) is 6.75. The van der Waals surface area contributed by atoms with Gasteiger partial charge in [0, 0.05) is 0 Å². The zero-order valence-corrected chi connectivity index (χ0v) is 14.0. The fraction of sp³-hybridized carbons (Fsp3) is 0.556. The number of hydrogen-bond acceptors (Lipinski definition) is 3. The van der Waals surface area contributed by atoms with Crippen molar-refractivity contribution in [2.24, 2.45) is 5.41 Å². The van der Waals surface area contributed by atoms with Gasteiger partial charge in [-0.2, -0.15) is 0 Å². The Morgan fingerprint density at radius 2 is 2.04 bits per heavy atom. The van der Waals surface area contributed by atoms with Gasteiger partial charge in [-0.25, -0.2) is 4.79 Å². The summed E-state index contributed by atoms with van der Waals surface area (Å²) in [7, 11) is 0. The molecule has 0 saturated heterocycles. The third kappa shape index (κ3) is 4.79. The molecule has 1 aliphatic rings. The maximum absolute atomic E-state index is 12.5. The van der Waals surface area contributed by atoms with Crippen molar-refractivity contribution in [3.05, 3.63) is 35.4 Å². The lowest BCUT2D eigenvalue weighted by Gasteiger charge is -2.27. The van der Waals surface area contributed by atoms with E-state index in [1.807, 2.05) is 45.0 Å². The summed E-state index contributed by atoms with van der Waals surface area (Å²) in [6.45, 7) is 6.62. The van der Waals surface area contributed by atoms with Crippen LogP contribution in [0.3, 0.4) is 0 Å². The van der Waals surface area contributed by atoms with Crippen molar-refractivity contribution < 1.29 is 19.4 Å². The molecule has 1 amide bonds. The first kappa shape index (κ1) is 17.5. The number of hydrogen-bond donors (Lipinski definition) is 2. The highest BCUT2D eigenvalue weighted by Crippen LogP contribution is 2.27. The van der Waals surface area contributed by atoms with Crippen LogP contribution in [0.15, 0.2) is 24.3 Å². The molecule has 0 fully saturated rings. The summed E-state index contributed by atoms with van der Waals surface area (Å²) >= 11 is 0. The monoisotopic (exact) mass is 319 g/mol. The number of nitrogens with one attached hydrogen (secondary N) is 1. The van der Waals surface area contributed by atoms with E-state index in [-0.39, 0.29) is 11.3 Å². The molecule has 1 aromatic rings. The van der Waals surface area contributed by atoms with Gasteiger partial charge in [0.15, 0.2) is 6.10 Å². The molecule has 0 bridgehead atoms. The van der Waals surface area contributed by atoms with E-state index in [2.05, 4.69) is 5.32 Å². The van der Waals surface area contributed by atoms with Crippen molar-refractivity contribution in [2.45, 2.75) is 52.2 Å². The fourth-order valence-corrected chi connectivity index (χ4v) is 2.69. The average Bonchev–Trinajstić information content (AvgIpc) is 2.49. The number of aliphatic carboxylic acids is 1. The van der Waals surface area contributed by atoms with Gasteiger partial charge in [-0.3, -0.25) is 4.79 Å². The van der Waals surface area contributed by atoms with E-state index in [1.54, 1.807) is 0 Å². The van der Waals surface area contributed by atoms with Crippen LogP contribution in [0, 0.1) is 5.41 Å². The topological polar surface area (TPSA) is 75.6 Å². The minimum atomic E-state index is -1.01. The van der Waals surface area contributed by atoms with Gasteiger partial charge in [-0.1, -0.05) is 45.0 Å². The molecule has 0 radical (unpaired) electrons. The van der Waals surface area contributed by atoms with Gasteiger partial charge < -0.3 is 15.2 Å². The highest BCUT2D eigenvalue weighted by atomic mass is 16.5. The van der Waals surface area contributed by atoms with Gasteiger partial charge in [-0.15, -0.1) is 0 Å². The fourth-order valence-electron chi connectivity index (χ4n) is 2.69. The lowest BCUT2D eigenvalue weighted by atomic mass is 9.88. The number of amides is 1. The molecule has 0 aromatic heterocycles. The molecule has 2 atom stereocenters. The number of carbonyl (C=O) groups is 2. The van der Waals surface area contributed by atoms with Gasteiger partial charge in [0.1, 0.15) is 6.04 Å². The van der Waals surface area contributed by atoms with Gasteiger partial charge in [0.25, 0.3) is 5.91 Å². The van der Waals surface area contributed by atoms with Crippen molar-refractivity contribution in [3.8, 4) is 0 Å². The molecule has 1 aliphatic heterocycles. The van der Waals surface area contributed by atoms with Crippen molar-refractivity contribution in [1.29, 1.82) is 0 Å². The first-order chi connectivity index (χ1) is 10.8. The smallest absolute Gasteiger partial charge is 0.326 e. The Morgan fingerprint density at radius 1 is 1.35 bits per heavy atom. The lowest BCUT2D eigenvalue weighted by molar-refractivity contribution is -0.145. The molecular formula is C18H25NO4. The Bertz CT molecular complexity index is 577. The second-order valence-electron chi connectivity index (χ2n) is 7.20. The van der Waals surface area contributed by atoms with Crippen LogP contribution in [0.1, 0.15) is 50.8 Å². The van der Waals surface area contributed by atoms with Crippen LogP contribution in [0.4, 0.5) is 0 Å². The molecule has 126 valence electrons. The van der Waals surface area contributed by atoms with Crippen molar-refractivity contribution in [1.82, 2.24) is 5.32 Å². The van der Waals surface area contributed by atoms with Gasteiger partial charge in [-0.05, 0) is 35.8 Å². The third-order valence-corrected chi connectivity index (χ3v) is 4.03. The van der Waals surface area contributed by atoms with Gasteiger partial charge in [0.05, 0.1) is 6.61 Å². The normalized spacial score (nSPS) is 18.8. The van der Waals surface area contributed by atoms with E-state index >= 15 is 0 Å². The summed E-state index contributed by atoms with van der Waals surface area (Å²) in [6.07, 6.45) is 1.16. The summed E-state index contributed by atoms with van der Waals surface area (Å²) < 4.78 is 5.59. The molecule has 5 heteroatoms. The molecule has 5 nitrogen and oxygen atoms in total. The predicted octanol–water partition coefficient (Wildman–Crippen LogP) is 2.70. The van der Waals surface area contributed by atoms with Crippen LogP contribution in [0.5, 0.6) is 0 Å². The number of ether oxygens (including phenoxy) is 1. The molecule has 0 aliphatic carbocycles. The second-order valence-corrected chi connectivity index (χ2v) is 7.20. The summed E-state index contributed by atoms with van der Waals surface area (Å²) in [5.74, 6) is -1.38. The van der Waals surface area contributed by atoms with Crippen LogP contribution in [0.2, 0.25) is 0 Å². The Morgan fingerprint density at radius 3 is 2.70 bits per heavy atom. The number of benzene rings is 1. The van der Waals surface area contributed by atoms with Crippen molar-refractivity contribution in [2.75, 3.05) is 6.61 Å². The lowest BCUT2D eigenvalue weighted by Crippen LogP contribution is -2.44. The largest absolute Gasteiger partial charge is 0.480 e. The molecule has 1 aromatic carbocycles. The standard InChI is InChI=1S/C18H25NO4/c1-18(2,3)10-8-14(17(21)22)19-16(20)15-13-7-5-4-6-12(13)9-11-23-15/h4-7,14-15H,8-11H2,1-3H3,(H,19,20)(H,21,22). The van der Waals surface area contributed by atoms with Crippen LogP contribution >= 0.6 is 0 Å². The van der Waals surface area contributed by atoms with E-state index in [4.69, 9.17) is 4.74 Å². The number of carbonyl (C=O) groups excluding carboxylic acids is 1. The molecule has 2 unspecified atom stereocenters. The zero-order chi connectivity index (χ0) is 17.0. The van der Waals surface area contributed by atoms with E-state index < -0.39 is 18.1 Å². The Balaban J connectivity index is 2.06. The highest BCUT2D eigenvalue weighted by Gasteiger charge is 2.31. The summed E-state index contributed by atoms with van der Waals surface area (Å²) in [5.41, 5.74) is 1.93. The number of rotatable bonds is 5. The number of fused-ring (bicyclic) bond motifs is 1. The van der Waals surface area contributed by atoms with E-state index in [9.17, 15) is 14.7 Å². The van der Waals surface area contributed by atoms with Gasteiger partial charge >= 0.3 is 5.97 Å². The first-order valence-electron chi connectivity index (χ1n) is 8.00. The minimum absolute atomic E-state index is 0.0202. The maximum atomic E-state index is 12.5. The zero-order valence-electron chi connectivity index (χ0n) is 14.0. The van der Waals surface area contributed by atoms with Crippen LogP contribution in [0.25, 0.3) is 0 Å². The van der Waals surface area contributed by atoms with E-state index in [0.717, 1.165) is 17.5 Å². The SMILES string of the molecule is CC(C)(C)CCC(NC(=O)C1OCCc2ccccc21)C(=O)O. The maximum Gasteiger partial charge on any atom is 0.326 e. The Kier molecular flexibility index (Phi) is 5.42. The van der Waals surface area contributed by atoms with E-state index in [0.29, 0.717) is 19.4 Å². The number of carboxylic acid groups (broad SMARTS) is 1. The summed E-state index contributed by atoms with van der Waals surface area (Å²) in [4.78, 5) is 23.9. The average molecular weight is 319 g/mol. The number of carboxylic acids is 1. The molecular weight excluding hydrogens is 294 g/mol. The Labute approximate surface area is 137 Å². The highest BCUT2D eigenvalue weighted by molar-refractivity contribution is 5.87. The molecule has 2 N–H and O–H groups in total. The first-order valence-corrected chi connectivity index (χ1v) is 8.00. The van der Waals surface area contributed by atoms with Gasteiger partial charge in [0.2, 0.25) is 0 Å². The minimum Gasteiger partial charge on any atom is -0.480 e. The Hall–Kier alpha value is -1.88. The summed E-state index contributed by atoms with van der Waals surface area (Å²) in [5, 5.41) is 12.0. The van der Waals surface area contributed by atoms with Crippen molar-refractivity contribution in [3.63, 3.8) is 0 Å². The predicted molar refractivity (Wildman–Crippen MR) is 87.1 cm³/mol. The molecule has 0 spiro atoms. The molecule has 1 heterocycles.